The maximum Gasteiger partial charge on any atom is 0.363 e. The Balaban J connectivity index is 1.68. The fourth-order valence-corrected chi connectivity index (χ4v) is 4.34. The van der Waals surface area contributed by atoms with Crippen LogP contribution in [0.4, 0.5) is 10.8 Å². The molecule has 0 spiro atoms. The van der Waals surface area contributed by atoms with Crippen molar-refractivity contribution in [2.75, 3.05) is 4.90 Å². The van der Waals surface area contributed by atoms with E-state index >= 15 is 0 Å². The van der Waals surface area contributed by atoms with E-state index in [9.17, 15) is 9.59 Å². The summed E-state index contributed by atoms with van der Waals surface area (Å²) in [7, 11) is 0. The molecule has 1 aromatic heterocycles. The molecule has 2 aromatic carbocycles. The number of rotatable bonds is 4. The van der Waals surface area contributed by atoms with Gasteiger partial charge in [0, 0.05) is 12.3 Å². The van der Waals surface area contributed by atoms with Gasteiger partial charge in [0.25, 0.3) is 0 Å². The maximum atomic E-state index is 12.5. The van der Waals surface area contributed by atoms with Gasteiger partial charge in [0.1, 0.15) is 0 Å². The molecule has 0 fully saturated rings. The molecule has 0 aliphatic carbocycles. The zero-order valence-corrected chi connectivity index (χ0v) is 18.6. The highest BCUT2D eigenvalue weighted by Crippen LogP contribution is 2.34. The van der Waals surface area contributed by atoms with E-state index in [2.05, 4.69) is 9.98 Å². The predicted octanol–water partition coefficient (Wildman–Crippen LogP) is 5.44. The number of aryl methyl sites for hydroxylation is 2. The molecule has 0 saturated heterocycles. The Morgan fingerprint density at radius 3 is 2.52 bits per heavy atom. The van der Waals surface area contributed by atoms with Crippen molar-refractivity contribution >= 4 is 57.6 Å². The van der Waals surface area contributed by atoms with Crippen LogP contribution in [-0.4, -0.2) is 22.8 Å². The largest absolute Gasteiger partial charge is 0.402 e. The molecular weight excluding hydrogens is 434 g/mol. The van der Waals surface area contributed by atoms with Crippen molar-refractivity contribution in [1.29, 1.82) is 0 Å². The van der Waals surface area contributed by atoms with Crippen LogP contribution in [0.1, 0.15) is 29.3 Å². The van der Waals surface area contributed by atoms with Crippen molar-refractivity contribution in [3.05, 3.63) is 80.9 Å². The number of cyclic esters (lactones) is 1. The monoisotopic (exact) mass is 451 g/mol. The number of nitrogens with zero attached hydrogens (tertiary/aromatic N) is 3. The number of carbonyl (C=O) groups is 2. The van der Waals surface area contributed by atoms with Crippen molar-refractivity contribution in [3.8, 4) is 0 Å². The second kappa shape index (κ2) is 8.45. The quantitative estimate of drug-likeness (QED) is 0.391. The number of aromatic nitrogens is 1. The summed E-state index contributed by atoms with van der Waals surface area (Å²) in [6.45, 7) is 5.41. The highest BCUT2D eigenvalue weighted by Gasteiger charge is 2.26. The Morgan fingerprint density at radius 1 is 1.13 bits per heavy atom. The fourth-order valence-electron chi connectivity index (χ4n) is 3.29. The topological polar surface area (TPSA) is 71.9 Å². The van der Waals surface area contributed by atoms with Gasteiger partial charge in [-0.05, 0) is 43.2 Å². The number of benzene rings is 2. The third-order valence-corrected chi connectivity index (χ3v) is 5.86. The lowest BCUT2D eigenvalue weighted by Gasteiger charge is -2.22. The van der Waals surface area contributed by atoms with Crippen molar-refractivity contribution in [2.45, 2.75) is 20.8 Å². The number of hydrogen-bond acceptors (Lipinski definition) is 6. The minimum absolute atomic E-state index is 0.119. The molecule has 1 aliphatic rings. The molecule has 0 radical (unpaired) electrons. The van der Waals surface area contributed by atoms with Crippen LogP contribution >= 0.6 is 22.9 Å². The van der Waals surface area contributed by atoms with Gasteiger partial charge >= 0.3 is 5.97 Å². The number of amides is 1. The first kappa shape index (κ1) is 21.0. The van der Waals surface area contributed by atoms with E-state index in [1.165, 1.54) is 24.3 Å². The van der Waals surface area contributed by atoms with Gasteiger partial charge in [0.05, 0.1) is 22.0 Å². The maximum absolute atomic E-state index is 12.5. The number of thiazole rings is 1. The molecule has 3 aromatic rings. The second-order valence-electron chi connectivity index (χ2n) is 6.97. The van der Waals surface area contributed by atoms with Crippen LogP contribution in [0.2, 0.25) is 5.02 Å². The van der Waals surface area contributed by atoms with Crippen molar-refractivity contribution in [1.82, 2.24) is 4.98 Å². The predicted molar refractivity (Wildman–Crippen MR) is 123 cm³/mol. The smallest absolute Gasteiger partial charge is 0.363 e. The van der Waals surface area contributed by atoms with Crippen LogP contribution < -0.4 is 4.90 Å². The first-order chi connectivity index (χ1) is 14.8. The number of halogens is 1. The molecule has 4 rings (SSSR count). The molecule has 0 saturated carbocycles. The standard InChI is InChI=1S/C23H18ClN3O3S/c1-13-7-6-8-14(2)20(13)27(15(3)28)23-25-16(12-31-23)11-19-22(29)30-21(26-19)17-9-4-5-10-18(17)24/h4-12H,1-3H3/b19-11-. The van der Waals surface area contributed by atoms with E-state index in [0.29, 0.717) is 21.4 Å². The van der Waals surface area contributed by atoms with E-state index < -0.39 is 5.97 Å². The highest BCUT2D eigenvalue weighted by atomic mass is 35.5. The third kappa shape index (κ3) is 4.15. The van der Waals surface area contributed by atoms with Crippen LogP contribution in [0.25, 0.3) is 6.08 Å². The Labute approximate surface area is 188 Å². The normalized spacial score (nSPS) is 14.5. The van der Waals surface area contributed by atoms with Crippen LogP contribution in [0.5, 0.6) is 0 Å². The summed E-state index contributed by atoms with van der Waals surface area (Å²) < 4.78 is 5.28. The molecule has 1 amide bonds. The van der Waals surface area contributed by atoms with Crippen molar-refractivity contribution < 1.29 is 14.3 Å². The van der Waals surface area contributed by atoms with Gasteiger partial charge in [-0.25, -0.2) is 14.8 Å². The summed E-state index contributed by atoms with van der Waals surface area (Å²) in [5, 5.41) is 2.72. The average molecular weight is 452 g/mol. The van der Waals surface area contributed by atoms with Crippen LogP contribution in [0.15, 0.2) is 58.5 Å². The number of ether oxygens (including phenoxy) is 1. The lowest BCUT2D eigenvalue weighted by atomic mass is 10.1. The van der Waals surface area contributed by atoms with Crippen LogP contribution in [0.3, 0.4) is 0 Å². The first-order valence-corrected chi connectivity index (χ1v) is 10.7. The zero-order chi connectivity index (χ0) is 22.1. The SMILES string of the molecule is CC(=O)N(c1nc(/C=C2\N=C(c3ccccc3Cl)OC2=O)cs1)c1c(C)cccc1C. The van der Waals surface area contributed by atoms with E-state index in [0.717, 1.165) is 16.8 Å². The number of para-hydroxylation sites is 1. The van der Waals surface area contributed by atoms with Gasteiger partial charge in [-0.15, -0.1) is 11.3 Å². The molecule has 0 atom stereocenters. The molecular formula is C23H18ClN3O3S. The molecule has 8 heteroatoms. The van der Waals surface area contributed by atoms with Gasteiger partial charge in [0.15, 0.2) is 10.8 Å². The number of esters is 1. The summed E-state index contributed by atoms with van der Waals surface area (Å²) >= 11 is 7.48. The Hall–Kier alpha value is -3.29. The molecule has 0 N–H and O–H groups in total. The van der Waals surface area contributed by atoms with Crippen LogP contribution in [-0.2, 0) is 14.3 Å². The van der Waals surface area contributed by atoms with Gasteiger partial charge in [-0.3, -0.25) is 9.69 Å². The van der Waals surface area contributed by atoms with Gasteiger partial charge < -0.3 is 4.74 Å². The average Bonchev–Trinajstić information content (AvgIpc) is 3.32. The highest BCUT2D eigenvalue weighted by molar-refractivity contribution is 7.14. The molecule has 6 nitrogen and oxygen atoms in total. The zero-order valence-electron chi connectivity index (χ0n) is 17.0. The minimum atomic E-state index is -0.581. The molecule has 1 aliphatic heterocycles. The molecule has 2 heterocycles. The summed E-state index contributed by atoms with van der Waals surface area (Å²) in [5.41, 5.74) is 3.92. The van der Waals surface area contributed by atoms with E-state index in [1.807, 2.05) is 32.0 Å². The molecule has 156 valence electrons. The lowest BCUT2D eigenvalue weighted by Crippen LogP contribution is -2.24. The number of anilines is 2. The first-order valence-electron chi connectivity index (χ1n) is 9.45. The van der Waals surface area contributed by atoms with Crippen molar-refractivity contribution in [3.63, 3.8) is 0 Å². The number of hydrogen-bond donors (Lipinski definition) is 0. The molecule has 0 bridgehead atoms. The third-order valence-electron chi connectivity index (χ3n) is 4.69. The Bertz CT molecular complexity index is 1240. The number of aliphatic imine (C=N–C) groups is 1. The fraction of sp³-hybridized carbons (Fsp3) is 0.130. The Morgan fingerprint density at radius 2 is 1.84 bits per heavy atom. The molecule has 0 unspecified atom stereocenters. The van der Waals surface area contributed by atoms with E-state index in [-0.39, 0.29) is 17.5 Å². The van der Waals surface area contributed by atoms with E-state index in [4.69, 9.17) is 16.3 Å². The lowest BCUT2D eigenvalue weighted by molar-refractivity contribution is -0.130. The minimum Gasteiger partial charge on any atom is -0.402 e. The summed E-state index contributed by atoms with van der Waals surface area (Å²) in [5.74, 6) is -0.578. The summed E-state index contributed by atoms with van der Waals surface area (Å²) in [6.07, 6.45) is 1.54. The van der Waals surface area contributed by atoms with Gasteiger partial charge in [0.2, 0.25) is 11.8 Å². The van der Waals surface area contributed by atoms with Crippen LogP contribution in [0, 0.1) is 13.8 Å². The number of carbonyl (C=O) groups excluding carboxylic acids is 2. The Kier molecular flexibility index (Phi) is 5.71. The van der Waals surface area contributed by atoms with Gasteiger partial charge in [-0.2, -0.15) is 0 Å². The summed E-state index contributed by atoms with van der Waals surface area (Å²) in [6, 6.07) is 12.9. The van der Waals surface area contributed by atoms with Gasteiger partial charge in [-0.1, -0.05) is 41.9 Å². The summed E-state index contributed by atoms with van der Waals surface area (Å²) in [4.78, 5) is 35.2. The molecule has 31 heavy (non-hydrogen) atoms. The second-order valence-corrected chi connectivity index (χ2v) is 8.21. The van der Waals surface area contributed by atoms with Crippen molar-refractivity contribution in [2.24, 2.45) is 4.99 Å². The van der Waals surface area contributed by atoms with E-state index in [1.54, 1.807) is 34.5 Å².